The van der Waals surface area contributed by atoms with E-state index in [-0.39, 0.29) is 23.0 Å². The Bertz CT molecular complexity index is 1340. The zero-order chi connectivity index (χ0) is 29.4. The van der Waals surface area contributed by atoms with Crippen molar-refractivity contribution in [3.05, 3.63) is 92.9 Å². The van der Waals surface area contributed by atoms with Gasteiger partial charge in [0.1, 0.15) is 11.5 Å². The average molecular weight is 569 g/mol. The van der Waals surface area contributed by atoms with Crippen molar-refractivity contribution < 1.29 is 31.1 Å². The second-order valence-corrected chi connectivity index (χ2v) is 9.65. The highest BCUT2D eigenvalue weighted by atomic mass is 19.4. The molecule has 6 nitrogen and oxygen atoms in total. The third kappa shape index (κ3) is 8.40. The number of rotatable bonds is 6. The van der Waals surface area contributed by atoms with Crippen LogP contribution >= 0.6 is 0 Å². The van der Waals surface area contributed by atoms with Crippen LogP contribution in [0.3, 0.4) is 0 Å². The van der Waals surface area contributed by atoms with Gasteiger partial charge in [0.25, 0.3) is 17.9 Å². The lowest BCUT2D eigenvalue weighted by molar-refractivity contribution is -0.138. The first-order valence-corrected chi connectivity index (χ1v) is 12.8. The Morgan fingerprint density at radius 3 is 2.38 bits per heavy atom. The van der Waals surface area contributed by atoms with Crippen LogP contribution in [0.4, 0.5) is 26.3 Å². The Morgan fingerprint density at radius 2 is 1.80 bits per heavy atom. The zero-order valence-corrected chi connectivity index (χ0v) is 22.1. The highest BCUT2D eigenvalue weighted by Gasteiger charge is 2.34. The fourth-order valence-corrected chi connectivity index (χ4v) is 4.54. The van der Waals surface area contributed by atoms with E-state index >= 15 is 0 Å². The van der Waals surface area contributed by atoms with E-state index in [1.54, 1.807) is 6.07 Å². The molecule has 0 bridgehead atoms. The normalized spacial score (nSPS) is 14.0. The van der Waals surface area contributed by atoms with Crippen molar-refractivity contribution in [1.82, 2.24) is 19.7 Å². The predicted octanol–water partition coefficient (Wildman–Crippen LogP) is 6.22. The van der Waals surface area contributed by atoms with Gasteiger partial charge in [-0.05, 0) is 61.6 Å². The number of benzene rings is 1. The third-order valence-corrected chi connectivity index (χ3v) is 6.50. The molecule has 216 valence electrons. The molecule has 2 heterocycles. The van der Waals surface area contributed by atoms with Crippen molar-refractivity contribution in [3.8, 4) is 0 Å². The van der Waals surface area contributed by atoms with Crippen molar-refractivity contribution in [2.24, 2.45) is 0 Å². The Morgan fingerprint density at radius 1 is 1.10 bits per heavy atom. The lowest BCUT2D eigenvalue weighted by Crippen LogP contribution is -2.36. The predicted molar refractivity (Wildman–Crippen MR) is 137 cm³/mol. The molecule has 0 atom stereocenters. The Balaban J connectivity index is 0.000000472. The van der Waals surface area contributed by atoms with E-state index in [0.29, 0.717) is 12.8 Å². The monoisotopic (exact) mass is 568 g/mol. The first-order chi connectivity index (χ1) is 18.9. The van der Waals surface area contributed by atoms with Gasteiger partial charge in [-0.1, -0.05) is 31.4 Å². The van der Waals surface area contributed by atoms with Crippen LogP contribution in [0.1, 0.15) is 70.9 Å². The summed E-state index contributed by atoms with van der Waals surface area (Å²) < 4.78 is 78.5. The van der Waals surface area contributed by atoms with Crippen LogP contribution in [-0.4, -0.2) is 45.6 Å². The number of hydrogen-bond donors (Lipinski definition) is 0. The summed E-state index contributed by atoms with van der Waals surface area (Å²) in [6, 6.07) is 9.78. The number of carbonyl (C=O) groups is 1. The molecule has 1 aromatic carbocycles. The topological polar surface area (TPSA) is 68.1 Å². The van der Waals surface area contributed by atoms with Crippen molar-refractivity contribution >= 4 is 5.91 Å². The Kier molecular flexibility index (Phi) is 10.5. The number of aromatic nitrogens is 3. The second kappa shape index (κ2) is 13.6. The highest BCUT2D eigenvalue weighted by Crippen LogP contribution is 2.32. The summed E-state index contributed by atoms with van der Waals surface area (Å²) in [7, 11) is 1.17. The molecule has 1 saturated carbocycles. The molecule has 4 rings (SSSR count). The quantitative estimate of drug-likeness (QED) is 0.331. The van der Waals surface area contributed by atoms with Crippen molar-refractivity contribution in [1.29, 1.82) is 0 Å². The summed E-state index contributed by atoms with van der Waals surface area (Å²) in [6.07, 6.45) is -2.15. The average Bonchev–Trinajstić information content (AvgIpc) is 2.89. The summed E-state index contributed by atoms with van der Waals surface area (Å²) >= 11 is 0. The molecule has 1 aliphatic rings. The minimum atomic E-state index is -4.69. The van der Waals surface area contributed by atoms with Gasteiger partial charge in [0.05, 0.1) is 24.3 Å². The molecule has 0 spiro atoms. The maximum absolute atomic E-state index is 13.4. The fourth-order valence-electron chi connectivity index (χ4n) is 4.54. The van der Waals surface area contributed by atoms with Crippen molar-refractivity contribution in [2.45, 2.75) is 64.1 Å². The van der Waals surface area contributed by atoms with E-state index in [9.17, 15) is 35.9 Å². The number of halogens is 6. The minimum absolute atomic E-state index is 0.162. The third-order valence-electron chi connectivity index (χ3n) is 6.50. The van der Waals surface area contributed by atoms with Crippen LogP contribution in [0.25, 0.3) is 0 Å². The molecular weight excluding hydrogens is 538 g/mol. The molecule has 1 fully saturated rings. The molecular formula is C28H30F6N4O2. The standard InChI is InChI=1S/C21H23F5N4O2.C7H7F/c1-29(12-18(22)23)20(32)16-10-14(13-6-3-2-4-7-13)19(31)30(28-16)11-17-15(21(24,25)26)8-5-9-27-17;1-6-3-2-4-7(8)5-6/h5,8-10,13,18H,2-4,6-7,11-12H2,1H3;2-5H,1H3. The largest absolute Gasteiger partial charge is 0.418 e. The molecule has 0 aliphatic heterocycles. The number of aryl methyl sites for hydroxylation is 1. The van der Waals surface area contributed by atoms with Gasteiger partial charge in [0.15, 0.2) is 0 Å². The smallest absolute Gasteiger partial charge is 0.335 e. The lowest BCUT2D eigenvalue weighted by Gasteiger charge is -2.23. The molecule has 0 N–H and O–H groups in total. The van der Waals surface area contributed by atoms with Crippen molar-refractivity contribution in [2.75, 3.05) is 13.6 Å². The summed E-state index contributed by atoms with van der Waals surface area (Å²) in [5, 5.41) is 3.94. The number of carbonyl (C=O) groups excluding carboxylic acids is 1. The summed E-state index contributed by atoms with van der Waals surface area (Å²) in [4.78, 5) is 30.3. The number of nitrogens with zero attached hydrogens (tertiary/aromatic N) is 4. The van der Waals surface area contributed by atoms with E-state index < -0.39 is 48.4 Å². The highest BCUT2D eigenvalue weighted by molar-refractivity contribution is 5.92. The molecule has 3 aromatic rings. The first-order valence-electron chi connectivity index (χ1n) is 12.8. The Hall–Kier alpha value is -3.70. The van der Waals surface area contributed by atoms with Gasteiger partial charge in [0, 0.05) is 18.8 Å². The van der Waals surface area contributed by atoms with Crippen molar-refractivity contribution in [3.63, 3.8) is 0 Å². The summed E-state index contributed by atoms with van der Waals surface area (Å²) in [5.74, 6) is -1.18. The summed E-state index contributed by atoms with van der Waals surface area (Å²) in [5.41, 5.74) is -1.08. The first kappa shape index (κ1) is 30.8. The molecule has 0 saturated heterocycles. The maximum Gasteiger partial charge on any atom is 0.418 e. The van der Waals surface area contributed by atoms with E-state index in [1.165, 1.54) is 31.4 Å². The van der Waals surface area contributed by atoms with Crippen LogP contribution in [0.2, 0.25) is 0 Å². The fraction of sp³-hybridized carbons (Fsp3) is 0.429. The molecule has 1 aliphatic carbocycles. The Labute approximate surface area is 227 Å². The van der Waals surface area contributed by atoms with Gasteiger partial charge >= 0.3 is 6.18 Å². The number of amides is 1. The van der Waals surface area contributed by atoms with E-state index in [4.69, 9.17) is 0 Å². The van der Waals surface area contributed by atoms with Crippen LogP contribution in [0.5, 0.6) is 0 Å². The number of alkyl halides is 5. The van der Waals surface area contributed by atoms with Gasteiger partial charge in [-0.3, -0.25) is 14.6 Å². The molecule has 0 unspecified atom stereocenters. The lowest BCUT2D eigenvalue weighted by atomic mass is 9.84. The van der Waals surface area contributed by atoms with E-state index in [2.05, 4.69) is 10.1 Å². The minimum Gasteiger partial charge on any atom is -0.335 e. The van der Waals surface area contributed by atoms with Gasteiger partial charge in [-0.2, -0.15) is 18.3 Å². The van der Waals surface area contributed by atoms with Crippen LogP contribution in [0.15, 0.2) is 53.5 Å². The van der Waals surface area contributed by atoms with Crippen LogP contribution in [-0.2, 0) is 12.7 Å². The SMILES string of the molecule is CN(CC(F)F)C(=O)c1cc(C2CCCCC2)c(=O)n(Cc2ncccc2C(F)(F)F)n1.Cc1cccc(F)c1. The molecule has 40 heavy (non-hydrogen) atoms. The second-order valence-electron chi connectivity index (χ2n) is 9.65. The molecule has 1 amide bonds. The molecule has 2 aromatic heterocycles. The van der Waals surface area contributed by atoms with Crippen LogP contribution in [0, 0.1) is 12.7 Å². The van der Waals surface area contributed by atoms with Gasteiger partial charge in [-0.25, -0.2) is 17.9 Å². The summed E-state index contributed by atoms with van der Waals surface area (Å²) in [6.45, 7) is 0.424. The van der Waals surface area contributed by atoms with Gasteiger partial charge < -0.3 is 4.90 Å². The van der Waals surface area contributed by atoms with E-state index in [1.807, 2.05) is 13.0 Å². The number of hydrogen-bond acceptors (Lipinski definition) is 4. The van der Waals surface area contributed by atoms with Gasteiger partial charge in [0.2, 0.25) is 0 Å². The van der Waals surface area contributed by atoms with E-state index in [0.717, 1.165) is 46.5 Å². The molecule has 0 radical (unpaired) electrons. The van der Waals surface area contributed by atoms with Gasteiger partial charge in [-0.15, -0.1) is 0 Å². The van der Waals surface area contributed by atoms with Crippen LogP contribution < -0.4 is 5.56 Å². The number of pyridine rings is 1. The molecule has 12 heteroatoms. The maximum atomic E-state index is 13.4. The zero-order valence-electron chi connectivity index (χ0n) is 22.1.